The summed E-state index contributed by atoms with van der Waals surface area (Å²) in [6.45, 7) is 24.1. The molecule has 0 spiro atoms. The molecule has 26 heavy (non-hydrogen) atoms. The predicted molar refractivity (Wildman–Crippen MR) is 115 cm³/mol. The molecule has 0 unspecified atom stereocenters. The van der Waals surface area contributed by atoms with Gasteiger partial charge in [-0.1, -0.05) is 59.8 Å². The molecule has 1 aliphatic heterocycles. The molecule has 2 rings (SSSR count). The molecule has 2 aliphatic rings. The zero-order valence-electron chi connectivity index (χ0n) is 18.6. The van der Waals surface area contributed by atoms with E-state index in [-0.39, 0.29) is 28.2 Å². The van der Waals surface area contributed by atoms with Gasteiger partial charge in [0.15, 0.2) is 14.4 Å². The van der Waals surface area contributed by atoms with Gasteiger partial charge in [0.25, 0.3) is 0 Å². The summed E-state index contributed by atoms with van der Waals surface area (Å²) in [4.78, 5) is 5.71. The second-order valence-electron chi connectivity index (χ2n) is 11.4. The monoisotopic (exact) mass is 399 g/mol. The van der Waals surface area contributed by atoms with Crippen molar-refractivity contribution in [3.8, 4) is 0 Å². The number of aliphatic hydroxyl groups is 1. The summed E-state index contributed by atoms with van der Waals surface area (Å²) >= 11 is 0. The first-order valence-electron chi connectivity index (χ1n) is 10.1. The van der Waals surface area contributed by atoms with Crippen molar-refractivity contribution in [1.82, 2.24) is 0 Å². The third-order valence-electron chi connectivity index (χ3n) is 7.83. The lowest BCUT2D eigenvalue weighted by Gasteiger charge is -2.44. The molecule has 6 heteroatoms. The predicted octanol–water partition coefficient (Wildman–Crippen LogP) is 5.41. The lowest BCUT2D eigenvalue weighted by atomic mass is 9.97. The van der Waals surface area contributed by atoms with Crippen LogP contribution in [-0.2, 0) is 9.26 Å². The van der Waals surface area contributed by atoms with Crippen LogP contribution in [0.4, 0.5) is 0 Å². The largest absolute Gasteiger partial charge is 0.416 e. The van der Waals surface area contributed by atoms with Crippen molar-refractivity contribution in [2.75, 3.05) is 6.61 Å². The number of hydrogen-bond donors (Lipinski definition) is 1. The van der Waals surface area contributed by atoms with Crippen molar-refractivity contribution in [2.45, 2.75) is 108 Å². The van der Waals surface area contributed by atoms with Crippen LogP contribution in [0.3, 0.4) is 0 Å². The SMILES string of the molecule is CC(C)(C)[Si](C)(C)OCCC1=NO[C@@H]2[C@H]1[C@@H]([Si](C)(C)C(C)(C)C)C[C@@H]2O. The Labute approximate surface area is 162 Å². The van der Waals surface area contributed by atoms with Gasteiger partial charge in [-0.05, 0) is 35.1 Å². The molecule has 0 aromatic rings. The van der Waals surface area contributed by atoms with Crippen molar-refractivity contribution < 1.29 is 14.4 Å². The Kier molecular flexibility index (Phi) is 5.97. The first kappa shape index (κ1) is 22.1. The lowest BCUT2D eigenvalue weighted by Crippen LogP contribution is -2.46. The topological polar surface area (TPSA) is 51.0 Å². The van der Waals surface area contributed by atoms with Crippen LogP contribution in [0.2, 0.25) is 41.8 Å². The summed E-state index contributed by atoms with van der Waals surface area (Å²) in [7, 11) is -3.34. The van der Waals surface area contributed by atoms with Gasteiger partial charge in [0.1, 0.15) is 0 Å². The quantitative estimate of drug-likeness (QED) is 0.629. The smallest absolute Gasteiger partial charge is 0.191 e. The summed E-state index contributed by atoms with van der Waals surface area (Å²) in [5.41, 5.74) is 1.64. The Morgan fingerprint density at radius 2 is 1.65 bits per heavy atom. The average molecular weight is 400 g/mol. The molecule has 0 bridgehead atoms. The third-order valence-corrected chi connectivity index (χ3v) is 18.7. The number of fused-ring (bicyclic) bond motifs is 1. The van der Waals surface area contributed by atoms with Crippen molar-refractivity contribution >= 4 is 22.1 Å². The maximum absolute atomic E-state index is 10.6. The minimum atomic E-state index is -1.74. The van der Waals surface area contributed by atoms with Crippen molar-refractivity contribution in [1.29, 1.82) is 0 Å². The Morgan fingerprint density at radius 1 is 1.08 bits per heavy atom. The zero-order chi connectivity index (χ0) is 20.1. The van der Waals surface area contributed by atoms with E-state index in [1.54, 1.807) is 0 Å². The van der Waals surface area contributed by atoms with Gasteiger partial charge >= 0.3 is 0 Å². The van der Waals surface area contributed by atoms with Crippen LogP contribution in [0, 0.1) is 5.92 Å². The van der Waals surface area contributed by atoms with E-state index < -0.39 is 16.4 Å². The second kappa shape index (κ2) is 7.01. The number of oxime groups is 1. The van der Waals surface area contributed by atoms with Gasteiger partial charge in [0.2, 0.25) is 0 Å². The van der Waals surface area contributed by atoms with E-state index in [0.717, 1.165) is 18.6 Å². The molecule has 0 amide bonds. The van der Waals surface area contributed by atoms with Gasteiger partial charge in [0.05, 0.1) is 19.9 Å². The molecule has 1 saturated carbocycles. The summed E-state index contributed by atoms with van der Waals surface area (Å²) in [5.74, 6) is 0.272. The maximum Gasteiger partial charge on any atom is 0.191 e. The third kappa shape index (κ3) is 3.98. The number of nitrogens with zero attached hydrogens (tertiary/aromatic N) is 1. The van der Waals surface area contributed by atoms with Gasteiger partial charge < -0.3 is 14.4 Å². The number of hydrogen-bond acceptors (Lipinski definition) is 4. The Balaban J connectivity index is 2.10. The minimum absolute atomic E-state index is 0.142. The molecule has 1 heterocycles. The van der Waals surface area contributed by atoms with E-state index in [0.29, 0.717) is 12.1 Å². The van der Waals surface area contributed by atoms with Crippen LogP contribution < -0.4 is 0 Å². The normalized spacial score (nSPS) is 30.2. The van der Waals surface area contributed by atoms with Crippen LogP contribution in [0.1, 0.15) is 54.4 Å². The molecule has 0 saturated heterocycles. The molecule has 1 N–H and O–H groups in total. The molecular formula is C20H41NO3Si2. The first-order chi connectivity index (χ1) is 11.6. The summed E-state index contributed by atoms with van der Waals surface area (Å²) in [6, 6.07) is 0. The zero-order valence-corrected chi connectivity index (χ0v) is 20.6. The van der Waals surface area contributed by atoms with E-state index >= 15 is 0 Å². The standard InChI is InChI=1S/C20H41NO3Si2/c1-19(2,3)25(7,8)16-13-15(22)18-17(16)14(21-24-18)11-12-23-26(9,10)20(4,5)6/h15-18,22H,11-13H2,1-10H3/t15-,16-,17+,18-/m0/s1. The highest BCUT2D eigenvalue weighted by Gasteiger charge is 2.57. The number of aliphatic hydroxyl groups excluding tert-OH is 1. The van der Waals surface area contributed by atoms with Gasteiger partial charge in [-0.15, -0.1) is 0 Å². The molecule has 0 aromatic heterocycles. The van der Waals surface area contributed by atoms with Crippen molar-refractivity contribution in [3.63, 3.8) is 0 Å². The number of rotatable bonds is 5. The van der Waals surface area contributed by atoms with E-state index in [2.05, 4.69) is 72.9 Å². The summed E-state index contributed by atoms with van der Waals surface area (Å²) < 4.78 is 6.37. The lowest BCUT2D eigenvalue weighted by molar-refractivity contribution is -0.0102. The summed E-state index contributed by atoms with van der Waals surface area (Å²) in [6.07, 6.45) is 1.15. The fourth-order valence-electron chi connectivity index (χ4n) is 3.90. The molecular weight excluding hydrogens is 358 g/mol. The molecule has 0 aromatic carbocycles. The fraction of sp³-hybridized carbons (Fsp3) is 0.950. The van der Waals surface area contributed by atoms with Crippen LogP contribution in [0.25, 0.3) is 0 Å². The first-order valence-corrected chi connectivity index (χ1v) is 16.1. The van der Waals surface area contributed by atoms with Crippen LogP contribution in [0.5, 0.6) is 0 Å². The molecule has 4 atom stereocenters. The Bertz CT molecular complexity index is 546. The minimum Gasteiger partial charge on any atom is -0.416 e. The van der Waals surface area contributed by atoms with E-state index in [1.807, 2.05) is 0 Å². The molecule has 0 radical (unpaired) electrons. The van der Waals surface area contributed by atoms with Crippen molar-refractivity contribution in [2.24, 2.45) is 11.1 Å². The molecule has 1 fully saturated rings. The van der Waals surface area contributed by atoms with Gasteiger partial charge in [-0.25, -0.2) is 0 Å². The fourth-order valence-corrected chi connectivity index (χ4v) is 8.16. The van der Waals surface area contributed by atoms with Gasteiger partial charge in [-0.3, -0.25) is 0 Å². The van der Waals surface area contributed by atoms with Gasteiger partial charge in [0, 0.05) is 18.9 Å². The molecule has 152 valence electrons. The molecule has 1 aliphatic carbocycles. The van der Waals surface area contributed by atoms with Crippen molar-refractivity contribution in [3.05, 3.63) is 0 Å². The maximum atomic E-state index is 10.6. The van der Waals surface area contributed by atoms with Crippen LogP contribution in [-0.4, -0.2) is 46.0 Å². The summed E-state index contributed by atoms with van der Waals surface area (Å²) in [5, 5.41) is 15.5. The highest BCUT2D eigenvalue weighted by Crippen LogP contribution is 2.55. The van der Waals surface area contributed by atoms with E-state index in [9.17, 15) is 5.11 Å². The van der Waals surface area contributed by atoms with E-state index in [1.165, 1.54) is 0 Å². The highest BCUT2D eigenvalue weighted by atomic mass is 28.4. The van der Waals surface area contributed by atoms with Gasteiger partial charge in [-0.2, -0.15) is 0 Å². The molecule has 4 nitrogen and oxygen atoms in total. The Hall–Kier alpha value is -0.176. The second-order valence-corrected chi connectivity index (χ2v) is 21.9. The Morgan fingerprint density at radius 3 is 2.15 bits per heavy atom. The van der Waals surface area contributed by atoms with E-state index in [4.69, 9.17) is 9.26 Å². The van der Waals surface area contributed by atoms with Crippen LogP contribution in [0.15, 0.2) is 5.16 Å². The highest BCUT2D eigenvalue weighted by molar-refractivity contribution is 6.81. The average Bonchev–Trinajstić information content (AvgIpc) is 2.98. The van der Waals surface area contributed by atoms with Crippen LogP contribution >= 0.6 is 0 Å².